The topological polar surface area (TPSA) is 6.48 Å². The molecule has 0 unspecified atom stereocenters. The average Bonchev–Trinajstić information content (AvgIpc) is 4.40. The van der Waals surface area contributed by atoms with Gasteiger partial charge < -0.3 is 9.80 Å². The summed E-state index contributed by atoms with van der Waals surface area (Å²) in [7, 11) is 0. The van der Waals surface area contributed by atoms with Gasteiger partial charge in [-0.3, -0.25) is 0 Å². The molecule has 0 saturated heterocycles. The van der Waals surface area contributed by atoms with Gasteiger partial charge in [-0.25, -0.2) is 0 Å². The third kappa shape index (κ3) is 5.10. The van der Waals surface area contributed by atoms with Crippen LogP contribution >= 0.6 is 11.3 Å². The summed E-state index contributed by atoms with van der Waals surface area (Å²) in [5, 5.41) is 0. The molecule has 0 radical (unpaired) electrons. The first kappa shape index (κ1) is 42.9. The Balaban J connectivity index is 1.04. The second-order valence-electron chi connectivity index (χ2n) is 23.2. The molecule has 4 heteroatoms. The zero-order valence-corrected chi connectivity index (χ0v) is 44.0. The largest absolute Gasteiger partial charge is 0.311 e. The number of benzene rings is 10. The van der Waals surface area contributed by atoms with E-state index in [1.165, 1.54) is 149 Å². The Morgan fingerprint density at radius 1 is 0.395 bits per heavy atom. The van der Waals surface area contributed by atoms with Gasteiger partial charge in [0, 0.05) is 43.7 Å². The van der Waals surface area contributed by atoms with Crippen molar-refractivity contribution in [2.45, 2.75) is 50.9 Å². The van der Waals surface area contributed by atoms with Crippen LogP contribution in [0, 0.1) is 13.8 Å². The van der Waals surface area contributed by atoms with Crippen LogP contribution in [0.5, 0.6) is 0 Å². The SMILES string of the molecule is Cc1ccc(N2c3cc(C)cc4c3B(c3cc5c(cc3N4c3ccccc3)-c3ccccc3C53c4ccccc4-c4ccccc43)c3sc4c(c32)-c2ccc(C(C)(C)C)cc2C42c3ccccc3-c3ccccc32)cc1. The van der Waals surface area contributed by atoms with Gasteiger partial charge in [0.25, 0.3) is 6.71 Å². The molecule has 11 aromatic rings. The van der Waals surface area contributed by atoms with Crippen LogP contribution in [0.2, 0.25) is 0 Å². The number of para-hydroxylation sites is 1. The smallest absolute Gasteiger partial charge is 0.264 e. The fraction of sp³-hybridized carbons (Fsp3) is 0.111. The van der Waals surface area contributed by atoms with Gasteiger partial charge in [0.2, 0.25) is 0 Å². The molecule has 2 nitrogen and oxygen atoms in total. The van der Waals surface area contributed by atoms with Gasteiger partial charge in [0.1, 0.15) is 0 Å². The van der Waals surface area contributed by atoms with E-state index in [2.05, 4.69) is 274 Å². The lowest BCUT2D eigenvalue weighted by Gasteiger charge is -2.44. The van der Waals surface area contributed by atoms with Gasteiger partial charge in [0.15, 0.2) is 0 Å². The third-order valence-corrected chi connectivity index (χ3v) is 19.7. The second-order valence-corrected chi connectivity index (χ2v) is 24.3. The molecule has 4 aliphatic carbocycles. The van der Waals surface area contributed by atoms with Gasteiger partial charge in [-0.2, -0.15) is 0 Å². The molecule has 76 heavy (non-hydrogen) atoms. The van der Waals surface area contributed by atoms with Crippen LogP contribution in [-0.2, 0) is 16.2 Å². The summed E-state index contributed by atoms with van der Waals surface area (Å²) in [5.74, 6) is 0. The van der Waals surface area contributed by atoms with Crippen LogP contribution in [0.4, 0.5) is 34.1 Å². The maximum Gasteiger partial charge on any atom is 0.264 e. The summed E-state index contributed by atoms with van der Waals surface area (Å²) in [6.07, 6.45) is 0. The molecular weight excluding hydrogens is 936 g/mol. The van der Waals surface area contributed by atoms with Gasteiger partial charge in [-0.1, -0.05) is 202 Å². The Hall–Kier alpha value is -8.44. The van der Waals surface area contributed by atoms with Gasteiger partial charge in [-0.15, -0.1) is 11.3 Å². The lowest BCUT2D eigenvalue weighted by atomic mass is 9.35. The Bertz CT molecular complexity index is 4290. The molecule has 358 valence electrons. The molecule has 17 rings (SSSR count). The average molecular weight is 987 g/mol. The predicted octanol–water partition coefficient (Wildman–Crippen LogP) is 16.4. The molecule has 10 aromatic carbocycles. The fourth-order valence-corrected chi connectivity index (χ4v) is 17.0. The number of fused-ring (bicyclic) bond motifs is 25. The minimum atomic E-state index is -0.514. The second kappa shape index (κ2) is 14.7. The molecule has 0 saturated carbocycles. The van der Waals surface area contributed by atoms with Gasteiger partial charge >= 0.3 is 0 Å². The molecule has 1 aromatic heterocycles. The molecule has 2 aliphatic heterocycles. The van der Waals surface area contributed by atoms with Crippen LogP contribution < -0.4 is 25.5 Å². The van der Waals surface area contributed by atoms with E-state index in [1.807, 2.05) is 0 Å². The van der Waals surface area contributed by atoms with E-state index < -0.39 is 10.8 Å². The number of aryl methyl sites for hydroxylation is 2. The summed E-state index contributed by atoms with van der Waals surface area (Å²) in [6.45, 7) is 11.5. The number of hydrogen-bond donors (Lipinski definition) is 0. The highest BCUT2D eigenvalue weighted by Gasteiger charge is 2.58. The highest BCUT2D eigenvalue weighted by Crippen LogP contribution is 2.68. The summed E-state index contributed by atoms with van der Waals surface area (Å²) in [5.41, 5.74) is 33.2. The third-order valence-electron chi connectivity index (χ3n) is 18.3. The Morgan fingerprint density at radius 2 is 0.882 bits per heavy atom. The van der Waals surface area contributed by atoms with Crippen molar-refractivity contribution in [3.05, 3.63) is 279 Å². The van der Waals surface area contributed by atoms with Crippen LogP contribution in [0.3, 0.4) is 0 Å². The molecule has 0 atom stereocenters. The lowest BCUT2D eigenvalue weighted by molar-refractivity contribution is 0.588. The normalized spacial score (nSPS) is 15.3. The van der Waals surface area contributed by atoms with Gasteiger partial charge in [0.05, 0.1) is 16.5 Å². The van der Waals surface area contributed by atoms with Crippen LogP contribution in [-0.4, -0.2) is 6.71 Å². The number of anilines is 6. The molecule has 6 aliphatic rings. The summed E-state index contributed by atoms with van der Waals surface area (Å²) >= 11 is 2.08. The molecule has 0 fully saturated rings. The summed E-state index contributed by atoms with van der Waals surface area (Å²) in [4.78, 5) is 6.72. The zero-order chi connectivity index (χ0) is 50.6. The van der Waals surface area contributed by atoms with Crippen molar-refractivity contribution < 1.29 is 0 Å². The number of nitrogens with zero attached hydrogens (tertiary/aromatic N) is 2. The highest BCUT2D eigenvalue weighted by atomic mass is 32.1. The van der Waals surface area contributed by atoms with E-state index >= 15 is 0 Å². The number of rotatable bonds is 2. The van der Waals surface area contributed by atoms with Crippen LogP contribution in [0.25, 0.3) is 44.5 Å². The van der Waals surface area contributed by atoms with Crippen molar-refractivity contribution in [2.75, 3.05) is 9.80 Å². The first-order chi connectivity index (χ1) is 37.2. The molecule has 3 heterocycles. The fourth-order valence-electron chi connectivity index (χ4n) is 15.3. The maximum absolute atomic E-state index is 2.70. The van der Waals surface area contributed by atoms with Crippen molar-refractivity contribution in [3.8, 4) is 44.5 Å². The van der Waals surface area contributed by atoms with Crippen molar-refractivity contribution in [1.29, 1.82) is 0 Å². The summed E-state index contributed by atoms with van der Waals surface area (Å²) in [6, 6.07) is 84.7. The standard InChI is InChI=1S/C72H51BN2S/c1-42-31-34-46(35-32-42)75-64-38-43(2)37-63-66(64)73(69-67(75)65-52-36-33-44(70(3,4)5)39-59(52)72(68(65)76-69)57-29-17-11-23-49(57)50-24-12-18-30-58(50)72)61-41-60-53(40-62(61)74(63)45-19-7-6-8-20-45)51-25-13-16-28-56(51)71(60)54-26-14-9-21-47(54)48-22-10-15-27-55(48)71/h6-41H,1-5H3. The van der Waals surface area contributed by atoms with E-state index in [-0.39, 0.29) is 12.1 Å². The quantitative estimate of drug-likeness (QED) is 0.159. The predicted molar refractivity (Wildman–Crippen MR) is 319 cm³/mol. The lowest BCUT2D eigenvalue weighted by Crippen LogP contribution is -2.60. The van der Waals surface area contributed by atoms with Crippen LogP contribution in [0.1, 0.15) is 81.3 Å². The zero-order valence-electron chi connectivity index (χ0n) is 43.2. The van der Waals surface area contributed by atoms with Crippen molar-refractivity contribution in [2.24, 2.45) is 0 Å². The molecule has 0 amide bonds. The van der Waals surface area contributed by atoms with E-state index in [1.54, 1.807) is 0 Å². The van der Waals surface area contributed by atoms with E-state index in [0.29, 0.717) is 0 Å². The molecule has 0 bridgehead atoms. The number of thiophene rings is 1. The minimum Gasteiger partial charge on any atom is -0.311 e. The monoisotopic (exact) mass is 986 g/mol. The first-order valence-electron chi connectivity index (χ1n) is 27.0. The summed E-state index contributed by atoms with van der Waals surface area (Å²) < 4.78 is 1.40. The van der Waals surface area contributed by atoms with Crippen molar-refractivity contribution >= 4 is 67.9 Å². The Labute approximate surface area is 449 Å². The van der Waals surface area contributed by atoms with Crippen LogP contribution in [0.15, 0.2) is 218 Å². The molecule has 2 spiro atoms. The van der Waals surface area contributed by atoms with E-state index in [0.717, 1.165) is 5.69 Å². The Kier molecular flexibility index (Phi) is 8.29. The minimum absolute atomic E-state index is 0.0435. The Morgan fingerprint density at radius 3 is 1.45 bits per heavy atom. The maximum atomic E-state index is 2.70. The van der Waals surface area contributed by atoms with Gasteiger partial charge in [-0.05, 0) is 162 Å². The highest BCUT2D eigenvalue weighted by molar-refractivity contribution is 7.30. The van der Waals surface area contributed by atoms with E-state index in [4.69, 9.17) is 0 Å². The van der Waals surface area contributed by atoms with Crippen molar-refractivity contribution in [3.63, 3.8) is 0 Å². The number of hydrogen-bond acceptors (Lipinski definition) is 3. The first-order valence-corrected chi connectivity index (χ1v) is 27.8. The van der Waals surface area contributed by atoms with E-state index in [9.17, 15) is 0 Å². The molecule has 0 N–H and O–H groups in total. The molecular formula is C72H51BN2S. The van der Waals surface area contributed by atoms with Crippen molar-refractivity contribution in [1.82, 2.24) is 0 Å².